The minimum atomic E-state index is -4.98. The number of halogens is 3. The SMILES string of the molecule is CC(NC(=O)C(F)(F)F)C(=O)c1ccccc1. The molecular weight excluding hydrogens is 235 g/mol. The first-order valence-corrected chi connectivity index (χ1v) is 4.79. The summed E-state index contributed by atoms with van der Waals surface area (Å²) in [5, 5.41) is 1.60. The fraction of sp³-hybridized carbons (Fsp3) is 0.273. The van der Waals surface area contributed by atoms with E-state index >= 15 is 0 Å². The van der Waals surface area contributed by atoms with E-state index in [-0.39, 0.29) is 5.56 Å². The first-order valence-electron chi connectivity index (χ1n) is 4.79. The van der Waals surface area contributed by atoms with Gasteiger partial charge in [-0.2, -0.15) is 13.2 Å². The number of rotatable bonds is 3. The molecule has 0 aromatic heterocycles. The Kier molecular flexibility index (Phi) is 3.88. The largest absolute Gasteiger partial charge is 0.471 e. The van der Waals surface area contributed by atoms with Gasteiger partial charge in [0.15, 0.2) is 5.78 Å². The van der Waals surface area contributed by atoms with Gasteiger partial charge in [0.1, 0.15) is 0 Å². The average molecular weight is 245 g/mol. The third-order valence-corrected chi connectivity index (χ3v) is 2.06. The van der Waals surface area contributed by atoms with Crippen molar-refractivity contribution < 1.29 is 22.8 Å². The highest BCUT2D eigenvalue weighted by molar-refractivity contribution is 6.02. The molecule has 1 N–H and O–H groups in total. The predicted molar refractivity (Wildman–Crippen MR) is 54.4 cm³/mol. The molecule has 1 rings (SSSR count). The zero-order chi connectivity index (χ0) is 13.1. The predicted octanol–water partition coefficient (Wildman–Crippen LogP) is 1.94. The van der Waals surface area contributed by atoms with Crippen molar-refractivity contribution in [1.82, 2.24) is 5.32 Å². The summed E-state index contributed by atoms with van der Waals surface area (Å²) in [7, 11) is 0. The zero-order valence-electron chi connectivity index (χ0n) is 8.91. The number of hydrogen-bond donors (Lipinski definition) is 1. The van der Waals surface area contributed by atoms with E-state index < -0.39 is 23.9 Å². The standard InChI is InChI=1S/C11H10F3NO2/c1-7(15-10(17)11(12,13)14)9(16)8-5-3-2-4-6-8/h2-7H,1H3,(H,15,17). The Labute approximate surface area is 95.6 Å². The van der Waals surface area contributed by atoms with Crippen molar-refractivity contribution in [2.75, 3.05) is 0 Å². The summed E-state index contributed by atoms with van der Waals surface area (Å²) in [6.07, 6.45) is -4.98. The van der Waals surface area contributed by atoms with Gasteiger partial charge in [0.05, 0.1) is 6.04 Å². The molecule has 0 aliphatic rings. The van der Waals surface area contributed by atoms with Gasteiger partial charge < -0.3 is 5.32 Å². The molecule has 0 fully saturated rings. The smallest absolute Gasteiger partial charge is 0.338 e. The Hall–Kier alpha value is -1.85. The van der Waals surface area contributed by atoms with Gasteiger partial charge in [-0.15, -0.1) is 0 Å². The fourth-order valence-corrected chi connectivity index (χ4v) is 1.20. The van der Waals surface area contributed by atoms with E-state index in [1.54, 1.807) is 23.5 Å². The maximum atomic E-state index is 12.0. The van der Waals surface area contributed by atoms with Crippen molar-refractivity contribution >= 4 is 11.7 Å². The Bertz CT molecular complexity index is 414. The van der Waals surface area contributed by atoms with Crippen LogP contribution in [0.15, 0.2) is 30.3 Å². The normalized spacial score (nSPS) is 12.9. The molecule has 0 heterocycles. The molecule has 0 spiro atoms. The zero-order valence-corrected chi connectivity index (χ0v) is 8.91. The van der Waals surface area contributed by atoms with Crippen molar-refractivity contribution in [3.63, 3.8) is 0 Å². The molecule has 3 nitrogen and oxygen atoms in total. The number of benzene rings is 1. The second-order valence-corrected chi connectivity index (χ2v) is 3.42. The van der Waals surface area contributed by atoms with Gasteiger partial charge >= 0.3 is 12.1 Å². The van der Waals surface area contributed by atoms with Gasteiger partial charge in [-0.05, 0) is 6.92 Å². The maximum absolute atomic E-state index is 12.0. The van der Waals surface area contributed by atoms with Crippen LogP contribution in [-0.2, 0) is 4.79 Å². The maximum Gasteiger partial charge on any atom is 0.471 e. The summed E-state index contributed by atoms with van der Waals surface area (Å²) >= 11 is 0. The summed E-state index contributed by atoms with van der Waals surface area (Å²) in [6.45, 7) is 1.21. The van der Waals surface area contributed by atoms with Gasteiger partial charge in [-0.1, -0.05) is 30.3 Å². The van der Waals surface area contributed by atoms with Crippen molar-refractivity contribution in [1.29, 1.82) is 0 Å². The second-order valence-electron chi connectivity index (χ2n) is 3.42. The van der Waals surface area contributed by atoms with Crippen molar-refractivity contribution in [2.45, 2.75) is 19.1 Å². The number of alkyl halides is 3. The molecule has 1 aromatic carbocycles. The highest BCUT2D eigenvalue weighted by Gasteiger charge is 2.39. The number of ketones is 1. The molecule has 0 aliphatic heterocycles. The number of Topliss-reactive ketones (excluding diaryl/α,β-unsaturated/α-hetero) is 1. The van der Waals surface area contributed by atoms with Crippen molar-refractivity contribution in [2.24, 2.45) is 0 Å². The summed E-state index contributed by atoms with van der Waals surface area (Å²) < 4.78 is 35.9. The molecule has 1 amide bonds. The monoisotopic (exact) mass is 245 g/mol. The Morgan fingerprint density at radius 3 is 2.18 bits per heavy atom. The molecule has 6 heteroatoms. The molecule has 17 heavy (non-hydrogen) atoms. The van der Waals surface area contributed by atoms with Crippen LogP contribution >= 0.6 is 0 Å². The van der Waals surface area contributed by atoms with Gasteiger partial charge in [0.2, 0.25) is 0 Å². The van der Waals surface area contributed by atoms with Gasteiger partial charge in [-0.3, -0.25) is 9.59 Å². The number of carbonyl (C=O) groups is 2. The second kappa shape index (κ2) is 4.99. The molecule has 1 unspecified atom stereocenters. The van der Waals surface area contributed by atoms with Crippen LogP contribution in [0.2, 0.25) is 0 Å². The van der Waals surface area contributed by atoms with E-state index in [0.29, 0.717) is 0 Å². The molecular formula is C11H10F3NO2. The Morgan fingerprint density at radius 2 is 1.71 bits per heavy atom. The lowest BCUT2D eigenvalue weighted by molar-refractivity contribution is -0.173. The quantitative estimate of drug-likeness (QED) is 0.827. The van der Waals surface area contributed by atoms with E-state index in [4.69, 9.17) is 0 Å². The van der Waals surface area contributed by atoms with Gasteiger partial charge in [-0.25, -0.2) is 0 Å². The van der Waals surface area contributed by atoms with E-state index in [0.717, 1.165) is 0 Å². The van der Waals surface area contributed by atoms with E-state index in [1.807, 2.05) is 0 Å². The van der Waals surface area contributed by atoms with Crippen LogP contribution in [0.1, 0.15) is 17.3 Å². The van der Waals surface area contributed by atoms with Crippen LogP contribution in [0.3, 0.4) is 0 Å². The van der Waals surface area contributed by atoms with Crippen LogP contribution in [0.4, 0.5) is 13.2 Å². The summed E-state index contributed by atoms with van der Waals surface area (Å²) in [5.41, 5.74) is 0.252. The lowest BCUT2D eigenvalue weighted by Crippen LogP contribution is -2.45. The average Bonchev–Trinajstić information content (AvgIpc) is 2.27. The number of carbonyl (C=O) groups excluding carboxylic acids is 2. The number of hydrogen-bond acceptors (Lipinski definition) is 2. The minimum absolute atomic E-state index is 0.252. The first kappa shape index (κ1) is 13.2. The summed E-state index contributed by atoms with van der Waals surface area (Å²) in [4.78, 5) is 22.2. The summed E-state index contributed by atoms with van der Waals surface area (Å²) in [5.74, 6) is -2.68. The Morgan fingerprint density at radius 1 is 1.18 bits per heavy atom. The van der Waals surface area contributed by atoms with Crippen LogP contribution in [0, 0.1) is 0 Å². The first-order chi connectivity index (χ1) is 7.82. The molecule has 0 saturated carbocycles. The highest BCUT2D eigenvalue weighted by Crippen LogP contribution is 2.15. The van der Waals surface area contributed by atoms with Crippen LogP contribution < -0.4 is 5.32 Å². The van der Waals surface area contributed by atoms with Crippen molar-refractivity contribution in [3.8, 4) is 0 Å². The van der Waals surface area contributed by atoms with E-state index in [2.05, 4.69) is 0 Å². The Balaban J connectivity index is 2.69. The molecule has 1 aromatic rings. The highest BCUT2D eigenvalue weighted by atomic mass is 19.4. The van der Waals surface area contributed by atoms with Gasteiger partial charge in [0.25, 0.3) is 0 Å². The lowest BCUT2D eigenvalue weighted by atomic mass is 10.1. The van der Waals surface area contributed by atoms with Gasteiger partial charge in [0, 0.05) is 5.56 Å². The van der Waals surface area contributed by atoms with E-state index in [9.17, 15) is 22.8 Å². The molecule has 0 aliphatic carbocycles. The summed E-state index contributed by atoms with van der Waals surface area (Å²) in [6, 6.07) is 6.58. The third-order valence-electron chi connectivity index (χ3n) is 2.06. The van der Waals surface area contributed by atoms with Crippen molar-refractivity contribution in [3.05, 3.63) is 35.9 Å². The van der Waals surface area contributed by atoms with Crippen LogP contribution in [0.25, 0.3) is 0 Å². The van der Waals surface area contributed by atoms with Crippen LogP contribution in [0.5, 0.6) is 0 Å². The van der Waals surface area contributed by atoms with E-state index in [1.165, 1.54) is 19.1 Å². The topological polar surface area (TPSA) is 46.2 Å². The fourth-order valence-electron chi connectivity index (χ4n) is 1.20. The molecule has 1 atom stereocenters. The number of nitrogens with one attached hydrogen (secondary N) is 1. The lowest BCUT2D eigenvalue weighted by Gasteiger charge is -2.14. The molecule has 92 valence electrons. The number of amides is 1. The molecule has 0 saturated heterocycles. The third kappa shape index (κ3) is 3.58. The molecule has 0 radical (unpaired) electrons. The molecule has 0 bridgehead atoms. The minimum Gasteiger partial charge on any atom is -0.338 e. The van der Waals surface area contributed by atoms with Crippen LogP contribution in [-0.4, -0.2) is 23.9 Å².